The van der Waals surface area contributed by atoms with E-state index in [9.17, 15) is 0 Å². The number of pyridine rings is 2. The molecule has 0 fully saturated rings. The third-order valence-corrected chi connectivity index (χ3v) is 4.14. The van der Waals surface area contributed by atoms with Crippen LogP contribution in [0.4, 0.5) is 0 Å². The maximum Gasteiger partial charge on any atom is 0.226 e. The van der Waals surface area contributed by atoms with E-state index in [4.69, 9.17) is 9.47 Å². The average molecular weight is 370 g/mol. The van der Waals surface area contributed by atoms with Crippen molar-refractivity contribution in [3.63, 3.8) is 0 Å². The Hall–Kier alpha value is -3.80. The summed E-state index contributed by atoms with van der Waals surface area (Å²) in [7, 11) is 0. The molecular formula is C22H18N4O2. The number of benzene rings is 1. The summed E-state index contributed by atoms with van der Waals surface area (Å²) in [6.07, 6.45) is 3.40. The molecule has 1 aromatic carbocycles. The topological polar surface area (TPSA) is 70.0 Å². The smallest absolute Gasteiger partial charge is 0.226 e. The van der Waals surface area contributed by atoms with Crippen molar-refractivity contribution >= 4 is 0 Å². The molecule has 0 aliphatic carbocycles. The second-order valence-corrected chi connectivity index (χ2v) is 6.12. The van der Waals surface area contributed by atoms with Gasteiger partial charge < -0.3 is 9.47 Å². The monoisotopic (exact) mass is 370 g/mol. The van der Waals surface area contributed by atoms with Crippen molar-refractivity contribution < 1.29 is 9.47 Å². The summed E-state index contributed by atoms with van der Waals surface area (Å²) in [5, 5.41) is 0. The fourth-order valence-corrected chi connectivity index (χ4v) is 2.53. The first-order valence-electron chi connectivity index (χ1n) is 8.82. The second-order valence-electron chi connectivity index (χ2n) is 6.12. The van der Waals surface area contributed by atoms with Crippen molar-refractivity contribution in [1.29, 1.82) is 0 Å². The summed E-state index contributed by atoms with van der Waals surface area (Å²) in [6.45, 7) is 3.87. The molecule has 0 aliphatic heterocycles. The molecule has 0 saturated heterocycles. The van der Waals surface area contributed by atoms with Crippen LogP contribution in [-0.2, 0) is 0 Å². The first-order chi connectivity index (χ1) is 13.7. The molecule has 0 aliphatic rings. The van der Waals surface area contributed by atoms with Crippen molar-refractivity contribution in [2.45, 2.75) is 13.8 Å². The first kappa shape index (κ1) is 17.6. The molecule has 6 heteroatoms. The van der Waals surface area contributed by atoms with Crippen molar-refractivity contribution in [1.82, 2.24) is 19.9 Å². The van der Waals surface area contributed by atoms with Crippen molar-refractivity contribution in [2.24, 2.45) is 0 Å². The lowest BCUT2D eigenvalue weighted by Crippen LogP contribution is -2.01. The molecule has 4 aromatic rings. The molecule has 4 rings (SSSR count). The Morgan fingerprint density at radius 2 is 1.36 bits per heavy atom. The van der Waals surface area contributed by atoms with Crippen molar-refractivity contribution in [3.05, 3.63) is 84.3 Å². The zero-order chi connectivity index (χ0) is 19.3. The summed E-state index contributed by atoms with van der Waals surface area (Å²) in [6, 6.07) is 18.5. The summed E-state index contributed by atoms with van der Waals surface area (Å²) >= 11 is 0. The maximum absolute atomic E-state index is 6.01. The van der Waals surface area contributed by atoms with Gasteiger partial charge in [-0.3, -0.25) is 4.98 Å². The zero-order valence-electron chi connectivity index (χ0n) is 15.5. The van der Waals surface area contributed by atoms with Crippen LogP contribution in [0.2, 0.25) is 0 Å². The molecule has 0 N–H and O–H groups in total. The molecule has 138 valence electrons. The van der Waals surface area contributed by atoms with E-state index in [1.807, 2.05) is 68.4 Å². The van der Waals surface area contributed by atoms with E-state index >= 15 is 0 Å². The highest BCUT2D eigenvalue weighted by molar-refractivity contribution is 5.51. The first-order valence-corrected chi connectivity index (χ1v) is 8.82. The molecule has 3 aromatic heterocycles. The van der Waals surface area contributed by atoms with Gasteiger partial charge in [-0.05, 0) is 56.3 Å². The van der Waals surface area contributed by atoms with Crippen LogP contribution >= 0.6 is 0 Å². The Morgan fingerprint density at radius 3 is 2.00 bits per heavy atom. The predicted octanol–water partition coefficient (Wildman–Crippen LogP) is 5.14. The molecule has 6 nitrogen and oxygen atoms in total. The lowest BCUT2D eigenvalue weighted by Gasteiger charge is -2.12. The highest BCUT2D eigenvalue weighted by atomic mass is 16.5. The van der Waals surface area contributed by atoms with Gasteiger partial charge in [0, 0.05) is 29.7 Å². The van der Waals surface area contributed by atoms with Gasteiger partial charge in [0.2, 0.25) is 11.8 Å². The number of hydrogen-bond acceptors (Lipinski definition) is 6. The van der Waals surface area contributed by atoms with E-state index in [2.05, 4.69) is 19.9 Å². The Balaban J connectivity index is 1.56. The van der Waals surface area contributed by atoms with E-state index in [0.717, 1.165) is 11.3 Å². The molecule has 0 radical (unpaired) electrons. The molecule has 0 spiro atoms. The quantitative estimate of drug-likeness (QED) is 0.485. The van der Waals surface area contributed by atoms with Gasteiger partial charge in [0.1, 0.15) is 17.2 Å². The Morgan fingerprint density at radius 1 is 0.679 bits per heavy atom. The van der Waals surface area contributed by atoms with E-state index in [1.165, 1.54) is 0 Å². The number of aromatic nitrogens is 4. The molecule has 0 atom stereocenters. The van der Waals surface area contributed by atoms with Crippen LogP contribution in [-0.4, -0.2) is 19.9 Å². The van der Waals surface area contributed by atoms with Gasteiger partial charge in [0.05, 0.1) is 0 Å². The van der Waals surface area contributed by atoms with Crippen molar-refractivity contribution in [2.75, 3.05) is 0 Å². The lowest BCUT2D eigenvalue weighted by atomic mass is 10.2. The van der Waals surface area contributed by atoms with Crippen molar-refractivity contribution in [3.8, 4) is 34.8 Å². The molecule has 0 saturated carbocycles. The Labute approximate surface area is 162 Å². The van der Waals surface area contributed by atoms with Crippen LogP contribution < -0.4 is 9.47 Å². The minimum Gasteiger partial charge on any atom is -0.439 e. The average Bonchev–Trinajstić information content (AvgIpc) is 2.74. The number of nitrogens with zero attached hydrogens (tertiary/aromatic N) is 4. The molecule has 0 amide bonds. The van der Waals surface area contributed by atoms with Crippen LogP contribution in [0, 0.1) is 13.8 Å². The van der Waals surface area contributed by atoms with E-state index in [1.54, 1.807) is 18.5 Å². The molecular weight excluding hydrogens is 352 g/mol. The number of rotatable bonds is 5. The standard InChI is InChI=1S/C22H18N4O2/c1-15-16(2)25-21(19-7-3-5-13-23-19)26-22(15)28-18-11-9-17(10-12-18)27-20-8-4-6-14-24-20/h3-14H,1-2H3. The van der Waals surface area contributed by atoms with Crippen LogP contribution in [0.1, 0.15) is 11.3 Å². The summed E-state index contributed by atoms with van der Waals surface area (Å²) in [5.41, 5.74) is 2.43. The van der Waals surface area contributed by atoms with Crippen LogP contribution in [0.25, 0.3) is 11.5 Å². The maximum atomic E-state index is 6.01. The minimum atomic E-state index is 0.506. The predicted molar refractivity (Wildman–Crippen MR) is 106 cm³/mol. The molecule has 0 unspecified atom stereocenters. The SMILES string of the molecule is Cc1nc(-c2ccccn2)nc(Oc2ccc(Oc3ccccn3)cc2)c1C. The molecule has 0 bridgehead atoms. The molecule has 3 heterocycles. The zero-order valence-corrected chi connectivity index (χ0v) is 15.5. The molecule has 28 heavy (non-hydrogen) atoms. The highest BCUT2D eigenvalue weighted by Crippen LogP contribution is 2.29. The largest absolute Gasteiger partial charge is 0.439 e. The van der Waals surface area contributed by atoms with Gasteiger partial charge in [-0.15, -0.1) is 0 Å². The number of hydrogen-bond donors (Lipinski definition) is 0. The highest BCUT2D eigenvalue weighted by Gasteiger charge is 2.12. The van der Waals surface area contributed by atoms with Gasteiger partial charge in [0.25, 0.3) is 0 Å². The van der Waals surface area contributed by atoms with Crippen LogP contribution in [0.3, 0.4) is 0 Å². The van der Waals surface area contributed by atoms with Gasteiger partial charge in [-0.1, -0.05) is 12.1 Å². The fourth-order valence-electron chi connectivity index (χ4n) is 2.53. The summed E-state index contributed by atoms with van der Waals surface area (Å²) in [4.78, 5) is 17.5. The van der Waals surface area contributed by atoms with Crippen LogP contribution in [0.5, 0.6) is 23.3 Å². The Bertz CT molecular complexity index is 1070. The van der Waals surface area contributed by atoms with Gasteiger partial charge in [-0.25, -0.2) is 9.97 Å². The van der Waals surface area contributed by atoms with Crippen LogP contribution in [0.15, 0.2) is 73.1 Å². The van der Waals surface area contributed by atoms with Gasteiger partial charge in [-0.2, -0.15) is 4.98 Å². The minimum absolute atomic E-state index is 0.506. The third-order valence-electron chi connectivity index (χ3n) is 4.14. The third kappa shape index (κ3) is 3.96. The summed E-state index contributed by atoms with van der Waals surface area (Å²) in [5.74, 6) is 2.91. The van der Waals surface area contributed by atoms with E-state index < -0.39 is 0 Å². The van der Waals surface area contributed by atoms with E-state index in [-0.39, 0.29) is 0 Å². The lowest BCUT2D eigenvalue weighted by molar-refractivity contribution is 0.447. The second kappa shape index (κ2) is 7.84. The number of ether oxygens (including phenoxy) is 2. The summed E-state index contributed by atoms with van der Waals surface area (Å²) < 4.78 is 11.7. The van der Waals surface area contributed by atoms with Gasteiger partial charge in [0.15, 0.2) is 5.82 Å². The number of aryl methyl sites for hydroxylation is 1. The Kier molecular flexibility index (Phi) is 4.93. The van der Waals surface area contributed by atoms with E-state index in [0.29, 0.717) is 34.8 Å². The van der Waals surface area contributed by atoms with Gasteiger partial charge >= 0.3 is 0 Å². The normalized spacial score (nSPS) is 10.5. The fraction of sp³-hybridized carbons (Fsp3) is 0.0909.